The lowest BCUT2D eigenvalue weighted by Gasteiger charge is -2.06. The van der Waals surface area contributed by atoms with Crippen LogP contribution in [0.15, 0.2) is 36.9 Å². The number of benzene rings is 1. The molecule has 1 aromatic heterocycles. The molecule has 0 atom stereocenters. The van der Waals surface area contributed by atoms with Gasteiger partial charge >= 0.3 is 0 Å². The minimum Gasteiger partial charge on any atom is -0.326 e. The SMILES string of the molecule is NCc1cccc(NC(=O)CCn2cncn2)c1. The Balaban J connectivity index is 1.86. The lowest BCUT2D eigenvalue weighted by atomic mass is 10.2. The smallest absolute Gasteiger partial charge is 0.226 e. The minimum absolute atomic E-state index is 0.0559. The number of carbonyl (C=O) groups is 1. The third-order valence-corrected chi connectivity index (χ3v) is 2.48. The molecule has 0 bridgehead atoms. The predicted octanol–water partition coefficient (Wildman–Crippen LogP) is 0.766. The van der Waals surface area contributed by atoms with Crippen molar-refractivity contribution in [2.75, 3.05) is 5.32 Å². The molecule has 0 saturated heterocycles. The molecule has 18 heavy (non-hydrogen) atoms. The molecule has 6 nitrogen and oxygen atoms in total. The predicted molar refractivity (Wildman–Crippen MR) is 67.6 cm³/mol. The van der Waals surface area contributed by atoms with Gasteiger partial charge in [0, 0.05) is 18.7 Å². The molecule has 94 valence electrons. The highest BCUT2D eigenvalue weighted by Crippen LogP contribution is 2.10. The summed E-state index contributed by atoms with van der Waals surface area (Å²) in [6.07, 6.45) is 3.39. The van der Waals surface area contributed by atoms with Gasteiger partial charge < -0.3 is 11.1 Å². The van der Waals surface area contributed by atoms with Crippen molar-refractivity contribution in [1.29, 1.82) is 0 Å². The van der Waals surface area contributed by atoms with Gasteiger partial charge in [-0.05, 0) is 17.7 Å². The molecule has 3 N–H and O–H groups in total. The standard InChI is InChI=1S/C12H15N5O/c13-7-10-2-1-3-11(6-10)16-12(18)4-5-17-9-14-8-15-17/h1-3,6,8-9H,4-5,7,13H2,(H,16,18). The van der Waals surface area contributed by atoms with Gasteiger partial charge in [-0.15, -0.1) is 0 Å². The average Bonchev–Trinajstić information content (AvgIpc) is 2.90. The van der Waals surface area contributed by atoms with Gasteiger partial charge in [0.15, 0.2) is 0 Å². The number of amides is 1. The molecule has 0 saturated carbocycles. The fourth-order valence-corrected chi connectivity index (χ4v) is 1.56. The lowest BCUT2D eigenvalue weighted by molar-refractivity contribution is -0.116. The Labute approximate surface area is 105 Å². The van der Waals surface area contributed by atoms with Gasteiger partial charge in [-0.1, -0.05) is 12.1 Å². The van der Waals surface area contributed by atoms with E-state index in [2.05, 4.69) is 15.4 Å². The molecule has 1 heterocycles. The van der Waals surface area contributed by atoms with Crippen LogP contribution in [0, 0.1) is 0 Å². The molecule has 0 aliphatic rings. The van der Waals surface area contributed by atoms with Crippen LogP contribution >= 0.6 is 0 Å². The van der Waals surface area contributed by atoms with Crippen LogP contribution in [0.3, 0.4) is 0 Å². The van der Waals surface area contributed by atoms with Crippen LogP contribution in [-0.2, 0) is 17.9 Å². The zero-order chi connectivity index (χ0) is 12.8. The topological polar surface area (TPSA) is 85.8 Å². The van der Waals surface area contributed by atoms with Crippen LogP contribution in [0.5, 0.6) is 0 Å². The number of aromatic nitrogens is 3. The van der Waals surface area contributed by atoms with Crippen molar-refractivity contribution in [3.05, 3.63) is 42.5 Å². The summed E-state index contributed by atoms with van der Waals surface area (Å²) in [5.74, 6) is -0.0559. The highest BCUT2D eigenvalue weighted by Gasteiger charge is 2.03. The summed E-state index contributed by atoms with van der Waals surface area (Å²) in [5.41, 5.74) is 7.30. The molecule has 2 rings (SSSR count). The number of hydrogen-bond donors (Lipinski definition) is 2. The van der Waals surface area contributed by atoms with Gasteiger partial charge in [-0.2, -0.15) is 5.10 Å². The van der Waals surface area contributed by atoms with E-state index in [1.807, 2.05) is 24.3 Å². The number of nitrogens with one attached hydrogen (secondary N) is 1. The second kappa shape index (κ2) is 5.92. The maximum atomic E-state index is 11.7. The number of rotatable bonds is 5. The Morgan fingerprint density at radius 3 is 3.06 bits per heavy atom. The molecular formula is C12H15N5O. The number of nitrogens with zero attached hydrogens (tertiary/aromatic N) is 3. The maximum absolute atomic E-state index is 11.7. The summed E-state index contributed by atoms with van der Waals surface area (Å²) in [7, 11) is 0. The van der Waals surface area contributed by atoms with E-state index in [9.17, 15) is 4.79 Å². The number of hydrogen-bond acceptors (Lipinski definition) is 4. The first-order chi connectivity index (χ1) is 8.78. The van der Waals surface area contributed by atoms with E-state index >= 15 is 0 Å². The zero-order valence-corrected chi connectivity index (χ0v) is 9.91. The fourth-order valence-electron chi connectivity index (χ4n) is 1.56. The van der Waals surface area contributed by atoms with Crippen molar-refractivity contribution in [3.8, 4) is 0 Å². The second-order valence-electron chi connectivity index (χ2n) is 3.86. The largest absolute Gasteiger partial charge is 0.326 e. The molecule has 0 radical (unpaired) electrons. The summed E-state index contributed by atoms with van der Waals surface area (Å²) in [4.78, 5) is 15.5. The first kappa shape index (κ1) is 12.3. The van der Waals surface area contributed by atoms with Crippen molar-refractivity contribution in [2.24, 2.45) is 5.73 Å². The van der Waals surface area contributed by atoms with E-state index < -0.39 is 0 Å². The number of aryl methyl sites for hydroxylation is 1. The van der Waals surface area contributed by atoms with Gasteiger partial charge in [0.2, 0.25) is 5.91 Å². The quantitative estimate of drug-likeness (QED) is 0.814. The van der Waals surface area contributed by atoms with Crippen LogP contribution < -0.4 is 11.1 Å². The van der Waals surface area contributed by atoms with Crippen molar-refractivity contribution in [3.63, 3.8) is 0 Å². The summed E-state index contributed by atoms with van der Waals surface area (Å²) < 4.78 is 1.62. The van der Waals surface area contributed by atoms with E-state index in [1.165, 1.54) is 6.33 Å². The van der Waals surface area contributed by atoms with E-state index in [1.54, 1.807) is 11.0 Å². The summed E-state index contributed by atoms with van der Waals surface area (Å²) in [5, 5.41) is 6.75. The molecule has 1 amide bonds. The highest BCUT2D eigenvalue weighted by atomic mass is 16.1. The number of carbonyl (C=O) groups excluding carboxylic acids is 1. The summed E-state index contributed by atoms with van der Waals surface area (Å²) in [6.45, 7) is 0.977. The van der Waals surface area contributed by atoms with Crippen molar-refractivity contribution in [2.45, 2.75) is 19.5 Å². The average molecular weight is 245 g/mol. The molecule has 0 fully saturated rings. The lowest BCUT2D eigenvalue weighted by Crippen LogP contribution is -2.15. The van der Waals surface area contributed by atoms with Gasteiger partial charge in [-0.3, -0.25) is 9.48 Å². The molecule has 0 unspecified atom stereocenters. The number of anilines is 1. The van der Waals surface area contributed by atoms with Gasteiger partial charge in [-0.25, -0.2) is 4.98 Å². The van der Waals surface area contributed by atoms with Crippen molar-refractivity contribution >= 4 is 11.6 Å². The first-order valence-corrected chi connectivity index (χ1v) is 5.69. The van der Waals surface area contributed by atoms with Crippen LogP contribution in [-0.4, -0.2) is 20.7 Å². The van der Waals surface area contributed by atoms with E-state index in [4.69, 9.17) is 5.73 Å². The van der Waals surface area contributed by atoms with E-state index in [0.717, 1.165) is 11.3 Å². The van der Waals surface area contributed by atoms with Gasteiger partial charge in [0.25, 0.3) is 0 Å². The van der Waals surface area contributed by atoms with Crippen LogP contribution in [0.2, 0.25) is 0 Å². The van der Waals surface area contributed by atoms with Crippen LogP contribution in [0.4, 0.5) is 5.69 Å². The Morgan fingerprint density at radius 2 is 2.33 bits per heavy atom. The van der Waals surface area contributed by atoms with Crippen molar-refractivity contribution in [1.82, 2.24) is 14.8 Å². The third kappa shape index (κ3) is 3.39. The second-order valence-corrected chi connectivity index (χ2v) is 3.86. The van der Waals surface area contributed by atoms with Gasteiger partial charge in [0.1, 0.15) is 12.7 Å². The molecule has 6 heteroatoms. The van der Waals surface area contributed by atoms with Crippen LogP contribution in [0.25, 0.3) is 0 Å². The molecule has 1 aromatic carbocycles. The third-order valence-electron chi connectivity index (χ3n) is 2.48. The molecule has 0 spiro atoms. The monoisotopic (exact) mass is 245 g/mol. The first-order valence-electron chi connectivity index (χ1n) is 5.69. The number of nitrogens with two attached hydrogens (primary N) is 1. The summed E-state index contributed by atoms with van der Waals surface area (Å²) >= 11 is 0. The van der Waals surface area contributed by atoms with Crippen LogP contribution in [0.1, 0.15) is 12.0 Å². The maximum Gasteiger partial charge on any atom is 0.226 e. The normalized spacial score (nSPS) is 10.3. The molecule has 0 aliphatic carbocycles. The Bertz CT molecular complexity index is 509. The van der Waals surface area contributed by atoms with E-state index in [-0.39, 0.29) is 5.91 Å². The highest BCUT2D eigenvalue weighted by molar-refractivity contribution is 5.90. The minimum atomic E-state index is -0.0559. The Morgan fingerprint density at radius 1 is 1.44 bits per heavy atom. The Hall–Kier alpha value is -2.21. The van der Waals surface area contributed by atoms with Crippen molar-refractivity contribution < 1.29 is 4.79 Å². The molecule has 0 aliphatic heterocycles. The molecular weight excluding hydrogens is 230 g/mol. The fraction of sp³-hybridized carbons (Fsp3) is 0.250. The van der Waals surface area contributed by atoms with E-state index in [0.29, 0.717) is 19.5 Å². The Kier molecular flexibility index (Phi) is 4.03. The van der Waals surface area contributed by atoms with Gasteiger partial charge in [0.05, 0.1) is 6.54 Å². The molecule has 2 aromatic rings. The zero-order valence-electron chi connectivity index (χ0n) is 9.91. The summed E-state index contributed by atoms with van der Waals surface area (Å²) in [6, 6.07) is 7.50.